The summed E-state index contributed by atoms with van der Waals surface area (Å²) in [5, 5.41) is 0. The van der Waals surface area contributed by atoms with Gasteiger partial charge in [0.05, 0.1) is 12.5 Å². The van der Waals surface area contributed by atoms with Gasteiger partial charge in [-0.05, 0) is 43.5 Å². The van der Waals surface area contributed by atoms with Crippen LogP contribution in [0.3, 0.4) is 0 Å². The third-order valence-corrected chi connectivity index (χ3v) is 5.88. The number of piperidine rings is 1. The van der Waals surface area contributed by atoms with E-state index in [1.807, 2.05) is 0 Å². The second kappa shape index (κ2) is 8.02. The van der Waals surface area contributed by atoms with E-state index in [0.717, 1.165) is 37.4 Å². The molecule has 2 aliphatic rings. The lowest BCUT2D eigenvalue weighted by Crippen LogP contribution is -2.49. The van der Waals surface area contributed by atoms with E-state index in [2.05, 4.69) is 14.9 Å². The van der Waals surface area contributed by atoms with Gasteiger partial charge >= 0.3 is 6.01 Å². The van der Waals surface area contributed by atoms with Gasteiger partial charge in [-0.2, -0.15) is 0 Å². The highest BCUT2D eigenvalue weighted by Gasteiger charge is 2.48. The lowest BCUT2D eigenvalue weighted by molar-refractivity contribution is -0.146. The zero-order valence-electron chi connectivity index (χ0n) is 16.4. The summed E-state index contributed by atoms with van der Waals surface area (Å²) >= 11 is 0. The Bertz CT molecular complexity index is 893. The number of benzene rings is 1. The van der Waals surface area contributed by atoms with Crippen LogP contribution in [0.15, 0.2) is 30.6 Å². The summed E-state index contributed by atoms with van der Waals surface area (Å²) in [6.07, 6.45) is 6.06. The Morgan fingerprint density at radius 3 is 2.59 bits per heavy atom. The molecular weight excluding hydrogens is 378 g/mol. The number of rotatable bonds is 5. The van der Waals surface area contributed by atoms with Gasteiger partial charge in [-0.15, -0.1) is 0 Å². The molecule has 2 saturated heterocycles. The molecule has 0 saturated carbocycles. The van der Waals surface area contributed by atoms with Crippen LogP contribution in [0.1, 0.15) is 30.4 Å². The third-order valence-electron chi connectivity index (χ3n) is 5.88. The van der Waals surface area contributed by atoms with Crippen LogP contribution in [0.5, 0.6) is 6.01 Å². The number of halogens is 2. The smallest absolute Gasteiger partial charge is 0.316 e. The second-order valence-corrected chi connectivity index (χ2v) is 7.90. The van der Waals surface area contributed by atoms with E-state index in [4.69, 9.17) is 4.74 Å². The fraction of sp³-hybridized carbons (Fsp3) is 0.476. The topological polar surface area (TPSA) is 58.6 Å². The van der Waals surface area contributed by atoms with Crippen LogP contribution in [0.4, 0.5) is 8.78 Å². The molecule has 154 valence electrons. The molecule has 0 bridgehead atoms. The first-order valence-corrected chi connectivity index (χ1v) is 9.80. The maximum absolute atomic E-state index is 13.5. The van der Waals surface area contributed by atoms with Crippen LogP contribution in [0.25, 0.3) is 0 Å². The van der Waals surface area contributed by atoms with E-state index in [1.54, 1.807) is 17.3 Å². The van der Waals surface area contributed by atoms with Crippen molar-refractivity contribution in [1.29, 1.82) is 0 Å². The number of ether oxygens (including phenoxy) is 1. The van der Waals surface area contributed by atoms with Crippen LogP contribution >= 0.6 is 0 Å². The number of aromatic nitrogens is 2. The normalized spacial score (nSPS) is 22.4. The molecule has 4 rings (SSSR count). The fourth-order valence-corrected chi connectivity index (χ4v) is 4.42. The number of nitrogens with zero attached hydrogens (tertiary/aromatic N) is 4. The van der Waals surface area contributed by atoms with E-state index in [0.29, 0.717) is 37.8 Å². The van der Waals surface area contributed by atoms with Crippen LogP contribution in [-0.4, -0.2) is 52.4 Å². The van der Waals surface area contributed by atoms with Gasteiger partial charge in [0.2, 0.25) is 5.91 Å². The van der Waals surface area contributed by atoms with Gasteiger partial charge in [0.1, 0.15) is 0 Å². The van der Waals surface area contributed by atoms with Crippen molar-refractivity contribution in [3.8, 4) is 6.01 Å². The summed E-state index contributed by atoms with van der Waals surface area (Å²) < 4.78 is 31.7. The minimum atomic E-state index is -0.879. The quantitative estimate of drug-likeness (QED) is 0.770. The number of carbonyl (C=O) groups excluding carboxylic acids is 1. The molecule has 1 aromatic carbocycles. The Morgan fingerprint density at radius 1 is 1.07 bits per heavy atom. The third kappa shape index (κ3) is 4.07. The number of hydrogen-bond acceptors (Lipinski definition) is 5. The van der Waals surface area contributed by atoms with Crippen molar-refractivity contribution in [3.05, 3.63) is 53.4 Å². The van der Waals surface area contributed by atoms with Crippen LogP contribution in [-0.2, 0) is 17.9 Å². The Labute approximate surface area is 168 Å². The Balaban J connectivity index is 1.42. The van der Waals surface area contributed by atoms with Gasteiger partial charge in [-0.25, -0.2) is 18.7 Å². The maximum Gasteiger partial charge on any atom is 0.316 e. The van der Waals surface area contributed by atoms with Gasteiger partial charge < -0.3 is 9.64 Å². The fourth-order valence-electron chi connectivity index (χ4n) is 4.42. The molecular formula is C21H24F2N4O2. The first kappa shape index (κ1) is 19.7. The van der Waals surface area contributed by atoms with E-state index in [9.17, 15) is 13.6 Å². The predicted octanol–water partition coefficient (Wildman–Crippen LogP) is 2.78. The Kier molecular flexibility index (Phi) is 5.45. The van der Waals surface area contributed by atoms with Gasteiger partial charge in [0.25, 0.3) is 0 Å². The summed E-state index contributed by atoms with van der Waals surface area (Å²) in [5.74, 6) is -1.64. The highest BCUT2D eigenvalue weighted by molar-refractivity contribution is 5.84. The van der Waals surface area contributed by atoms with Crippen molar-refractivity contribution in [1.82, 2.24) is 19.8 Å². The molecule has 29 heavy (non-hydrogen) atoms. The van der Waals surface area contributed by atoms with E-state index in [1.165, 1.54) is 19.2 Å². The molecule has 8 heteroatoms. The zero-order chi connectivity index (χ0) is 20.4. The number of carbonyl (C=O) groups is 1. The van der Waals surface area contributed by atoms with Gasteiger partial charge in [-0.3, -0.25) is 9.69 Å². The van der Waals surface area contributed by atoms with Crippen molar-refractivity contribution in [2.45, 2.75) is 32.4 Å². The summed E-state index contributed by atoms with van der Waals surface area (Å²) in [5.41, 5.74) is 1.19. The van der Waals surface area contributed by atoms with Gasteiger partial charge in [0.15, 0.2) is 11.6 Å². The number of likely N-dealkylation sites (tertiary alicyclic amines) is 2. The molecule has 1 spiro atoms. The predicted molar refractivity (Wildman–Crippen MR) is 102 cm³/mol. The number of amides is 1. The molecule has 2 aliphatic heterocycles. The molecule has 1 atom stereocenters. The standard InChI is InChI=1S/C21H24F2N4O2/c1-29-20-24-10-16(11-25-20)12-26-8-6-21(14-26)5-2-7-27(19(21)28)13-15-3-4-17(22)18(23)9-15/h3-4,9-11H,2,5-8,12-14H2,1H3/t21-/m0/s1. The highest BCUT2D eigenvalue weighted by Crippen LogP contribution is 2.41. The summed E-state index contributed by atoms with van der Waals surface area (Å²) in [4.78, 5) is 25.6. The van der Waals surface area contributed by atoms with Crippen molar-refractivity contribution in [2.24, 2.45) is 5.41 Å². The lowest BCUT2D eigenvalue weighted by Gasteiger charge is -2.39. The Hall–Kier alpha value is -2.61. The van der Waals surface area contributed by atoms with Crippen LogP contribution in [0, 0.1) is 17.0 Å². The van der Waals surface area contributed by atoms with Crippen LogP contribution in [0.2, 0.25) is 0 Å². The average Bonchev–Trinajstić information content (AvgIpc) is 3.12. The second-order valence-electron chi connectivity index (χ2n) is 7.90. The number of hydrogen-bond donors (Lipinski definition) is 0. The molecule has 3 heterocycles. The lowest BCUT2D eigenvalue weighted by atomic mass is 9.78. The summed E-state index contributed by atoms with van der Waals surface area (Å²) in [6.45, 7) is 3.15. The number of methoxy groups -OCH3 is 1. The largest absolute Gasteiger partial charge is 0.467 e. The molecule has 0 radical (unpaired) electrons. The molecule has 1 amide bonds. The van der Waals surface area contributed by atoms with E-state index >= 15 is 0 Å². The van der Waals surface area contributed by atoms with Crippen molar-refractivity contribution >= 4 is 5.91 Å². The Morgan fingerprint density at radius 2 is 1.86 bits per heavy atom. The van der Waals surface area contributed by atoms with Crippen molar-refractivity contribution in [2.75, 3.05) is 26.7 Å². The molecule has 1 aromatic heterocycles. The maximum atomic E-state index is 13.5. The van der Waals surface area contributed by atoms with E-state index in [-0.39, 0.29) is 5.91 Å². The first-order valence-electron chi connectivity index (χ1n) is 9.80. The van der Waals surface area contributed by atoms with Crippen LogP contribution < -0.4 is 4.74 Å². The van der Waals surface area contributed by atoms with Gasteiger partial charge in [-0.1, -0.05) is 6.07 Å². The molecule has 2 aromatic rings. The first-order chi connectivity index (χ1) is 14.0. The molecule has 0 unspecified atom stereocenters. The van der Waals surface area contributed by atoms with Crippen molar-refractivity contribution < 1.29 is 18.3 Å². The molecule has 2 fully saturated rings. The SMILES string of the molecule is COc1ncc(CN2CC[C@@]3(CCCN(Cc4ccc(F)c(F)c4)C3=O)C2)cn1. The average molecular weight is 402 g/mol. The minimum absolute atomic E-state index is 0.113. The zero-order valence-corrected chi connectivity index (χ0v) is 16.4. The molecule has 0 N–H and O–H groups in total. The minimum Gasteiger partial charge on any atom is -0.467 e. The van der Waals surface area contributed by atoms with Crippen molar-refractivity contribution in [3.63, 3.8) is 0 Å². The monoisotopic (exact) mass is 402 g/mol. The summed E-state index contributed by atoms with van der Waals surface area (Å²) in [6, 6.07) is 4.16. The molecule has 0 aliphatic carbocycles. The van der Waals surface area contributed by atoms with E-state index < -0.39 is 17.0 Å². The summed E-state index contributed by atoms with van der Waals surface area (Å²) in [7, 11) is 1.53. The highest BCUT2D eigenvalue weighted by atomic mass is 19.2. The molecule has 6 nitrogen and oxygen atoms in total. The van der Waals surface area contributed by atoms with Gasteiger partial charge in [0, 0.05) is 44.1 Å².